The Labute approximate surface area is 234 Å². The van der Waals surface area contributed by atoms with Crippen molar-refractivity contribution in [2.75, 3.05) is 92.2 Å². The molecule has 0 heterocycles. The Balaban J connectivity index is 3.25. The molecule has 39 heavy (non-hydrogen) atoms. The Bertz CT molecular complexity index is 517. The minimum atomic E-state index is -0.473. The molecule has 0 aliphatic heterocycles. The van der Waals surface area contributed by atoms with Crippen molar-refractivity contribution >= 4 is 11.8 Å². The van der Waals surface area contributed by atoms with Crippen LogP contribution < -0.4 is 33.6 Å². The summed E-state index contributed by atoms with van der Waals surface area (Å²) >= 11 is 0. The lowest BCUT2D eigenvalue weighted by Gasteiger charge is -2.12. The Kier molecular flexibility index (Phi) is 28.5. The molecule has 0 aromatic heterocycles. The van der Waals surface area contributed by atoms with E-state index in [1.54, 1.807) is 0 Å². The number of hydrogen-bond donors (Lipinski definition) is 6. The molecule has 0 rings (SSSR count). The average Bonchev–Trinajstić information content (AvgIpc) is 2.93. The summed E-state index contributed by atoms with van der Waals surface area (Å²) in [7, 11) is 0. The second kappa shape index (κ2) is 29.6. The minimum absolute atomic E-state index is 0.125. The number of carbonyl (C=O) groups excluding carboxylic acids is 2. The molecule has 13 nitrogen and oxygen atoms in total. The first-order valence-electron chi connectivity index (χ1n) is 14.4. The summed E-state index contributed by atoms with van der Waals surface area (Å²) in [6, 6.07) is -0.946. The minimum Gasteiger partial charge on any atom is -0.379 e. The molecule has 0 aromatic carbocycles. The van der Waals surface area contributed by atoms with Crippen LogP contribution in [-0.2, 0) is 33.3 Å². The number of amides is 2. The SMILES string of the molecule is NCCCCC(N)C(=O)NCCCOCCOCCOCCOCCOCCCNC(=O)[C@@H](N)CCCCN. The summed E-state index contributed by atoms with van der Waals surface area (Å²) in [5, 5.41) is 5.64. The number of rotatable bonds is 30. The van der Waals surface area contributed by atoms with Gasteiger partial charge in [-0.3, -0.25) is 9.59 Å². The quantitative estimate of drug-likeness (QED) is 0.0583. The molecule has 0 radical (unpaired) electrons. The highest BCUT2D eigenvalue weighted by Gasteiger charge is 2.12. The summed E-state index contributed by atoms with van der Waals surface area (Å²) < 4.78 is 27.3. The van der Waals surface area contributed by atoms with E-state index in [9.17, 15) is 9.59 Å². The van der Waals surface area contributed by atoms with Gasteiger partial charge in [0.15, 0.2) is 0 Å². The second-order valence-electron chi connectivity index (χ2n) is 9.13. The van der Waals surface area contributed by atoms with E-state index in [2.05, 4.69) is 10.6 Å². The molecule has 10 N–H and O–H groups in total. The lowest BCUT2D eigenvalue weighted by atomic mass is 10.1. The molecule has 2 atom stereocenters. The van der Waals surface area contributed by atoms with E-state index in [-0.39, 0.29) is 11.8 Å². The predicted octanol–water partition coefficient (Wildman–Crippen LogP) is -1.01. The van der Waals surface area contributed by atoms with Crippen LogP contribution in [0, 0.1) is 0 Å². The number of ether oxygens (including phenoxy) is 5. The van der Waals surface area contributed by atoms with E-state index < -0.39 is 12.1 Å². The first-order valence-corrected chi connectivity index (χ1v) is 14.4. The maximum Gasteiger partial charge on any atom is 0.236 e. The van der Waals surface area contributed by atoms with Crippen molar-refractivity contribution in [1.29, 1.82) is 0 Å². The molecule has 1 unspecified atom stereocenters. The van der Waals surface area contributed by atoms with Crippen LogP contribution in [0.4, 0.5) is 0 Å². The van der Waals surface area contributed by atoms with E-state index >= 15 is 0 Å². The fraction of sp³-hybridized carbons (Fsp3) is 0.923. The van der Waals surface area contributed by atoms with Gasteiger partial charge < -0.3 is 57.3 Å². The average molecular weight is 565 g/mol. The highest BCUT2D eigenvalue weighted by Crippen LogP contribution is 1.99. The van der Waals surface area contributed by atoms with Crippen molar-refractivity contribution in [1.82, 2.24) is 10.6 Å². The first kappa shape index (κ1) is 37.6. The maximum atomic E-state index is 11.8. The van der Waals surface area contributed by atoms with E-state index in [1.807, 2.05) is 0 Å². The Hall–Kier alpha value is -1.42. The van der Waals surface area contributed by atoms with Gasteiger partial charge in [-0.25, -0.2) is 0 Å². The number of unbranched alkanes of at least 4 members (excludes halogenated alkanes) is 2. The van der Waals surface area contributed by atoms with Crippen LogP contribution in [0.25, 0.3) is 0 Å². The van der Waals surface area contributed by atoms with Gasteiger partial charge in [0, 0.05) is 26.3 Å². The predicted molar refractivity (Wildman–Crippen MR) is 151 cm³/mol. The van der Waals surface area contributed by atoms with E-state index in [1.165, 1.54) is 0 Å². The third-order valence-electron chi connectivity index (χ3n) is 5.63. The van der Waals surface area contributed by atoms with Gasteiger partial charge in [-0.1, -0.05) is 12.8 Å². The monoisotopic (exact) mass is 564 g/mol. The standard InChI is InChI=1S/C26H56N6O7/c27-9-3-1-7-23(29)25(33)31-11-5-13-35-15-17-37-19-21-39-22-20-38-18-16-36-14-6-12-32-26(34)24(30)8-2-4-10-28/h23-24H,1-22,27-30H2,(H,31,33)(H,32,34)/t23-,24?/m0/s1. The maximum absolute atomic E-state index is 11.8. The zero-order chi connectivity index (χ0) is 28.8. The topological polar surface area (TPSA) is 208 Å². The number of nitrogens with one attached hydrogen (secondary N) is 2. The van der Waals surface area contributed by atoms with Crippen LogP contribution in [0.1, 0.15) is 51.4 Å². The Morgan fingerprint density at radius 3 is 1.10 bits per heavy atom. The number of carbonyl (C=O) groups is 2. The van der Waals surface area contributed by atoms with Crippen molar-refractivity contribution in [3.8, 4) is 0 Å². The first-order chi connectivity index (χ1) is 19.0. The molecule has 232 valence electrons. The van der Waals surface area contributed by atoms with Crippen molar-refractivity contribution < 1.29 is 33.3 Å². The molecule has 2 amide bonds. The highest BCUT2D eigenvalue weighted by molar-refractivity contribution is 5.81. The summed E-state index contributed by atoms with van der Waals surface area (Å²) in [6.45, 7) is 7.31. The molecule has 0 saturated carbocycles. The van der Waals surface area contributed by atoms with Crippen LogP contribution in [-0.4, -0.2) is 116 Å². The molecule has 0 spiro atoms. The van der Waals surface area contributed by atoms with Crippen molar-refractivity contribution in [2.45, 2.75) is 63.5 Å². The summed E-state index contributed by atoms with van der Waals surface area (Å²) in [5.74, 6) is -0.251. The van der Waals surface area contributed by atoms with Gasteiger partial charge in [0.05, 0.1) is 64.9 Å². The van der Waals surface area contributed by atoms with Crippen molar-refractivity contribution in [3.63, 3.8) is 0 Å². The van der Waals surface area contributed by atoms with Crippen LogP contribution in [0.3, 0.4) is 0 Å². The zero-order valence-corrected chi connectivity index (χ0v) is 23.9. The number of hydrogen-bond acceptors (Lipinski definition) is 11. The molecule has 0 bridgehead atoms. The van der Waals surface area contributed by atoms with Gasteiger partial charge >= 0.3 is 0 Å². The molecule has 0 aromatic rings. The Morgan fingerprint density at radius 2 is 0.795 bits per heavy atom. The third-order valence-corrected chi connectivity index (χ3v) is 5.63. The molecule has 0 fully saturated rings. The van der Waals surface area contributed by atoms with E-state index in [4.69, 9.17) is 46.6 Å². The zero-order valence-electron chi connectivity index (χ0n) is 23.9. The summed E-state index contributed by atoms with van der Waals surface area (Å²) in [5.41, 5.74) is 22.5. The van der Waals surface area contributed by atoms with Crippen molar-refractivity contribution in [3.05, 3.63) is 0 Å². The lowest BCUT2D eigenvalue weighted by molar-refractivity contribution is -0.123. The smallest absolute Gasteiger partial charge is 0.236 e. The molecule has 0 saturated heterocycles. The molecule has 0 aliphatic rings. The molecular formula is C26H56N6O7. The Morgan fingerprint density at radius 1 is 0.487 bits per heavy atom. The molecule has 13 heteroatoms. The van der Waals surface area contributed by atoms with Gasteiger partial charge in [0.1, 0.15) is 0 Å². The number of nitrogens with two attached hydrogens (primary N) is 4. The highest BCUT2D eigenvalue weighted by atomic mass is 16.6. The van der Waals surface area contributed by atoms with E-state index in [0.29, 0.717) is 105 Å². The third kappa shape index (κ3) is 26.6. The van der Waals surface area contributed by atoms with Crippen LogP contribution in [0.15, 0.2) is 0 Å². The summed E-state index contributed by atoms with van der Waals surface area (Å²) in [4.78, 5) is 23.6. The fourth-order valence-electron chi connectivity index (χ4n) is 3.29. The molecular weight excluding hydrogens is 508 g/mol. The largest absolute Gasteiger partial charge is 0.379 e. The second-order valence-corrected chi connectivity index (χ2v) is 9.13. The van der Waals surface area contributed by atoms with Crippen molar-refractivity contribution in [2.24, 2.45) is 22.9 Å². The van der Waals surface area contributed by atoms with Gasteiger partial charge in [0.25, 0.3) is 0 Å². The molecule has 0 aliphatic carbocycles. The summed E-state index contributed by atoms with van der Waals surface area (Å²) in [6.07, 6.45) is 6.24. The normalized spacial score (nSPS) is 12.8. The fourth-order valence-corrected chi connectivity index (χ4v) is 3.29. The van der Waals surface area contributed by atoms with Gasteiger partial charge in [-0.2, -0.15) is 0 Å². The van der Waals surface area contributed by atoms with Gasteiger partial charge in [0.2, 0.25) is 11.8 Å². The van der Waals surface area contributed by atoms with Gasteiger partial charge in [-0.05, 0) is 51.6 Å². The van der Waals surface area contributed by atoms with Crippen LogP contribution in [0.5, 0.6) is 0 Å². The van der Waals surface area contributed by atoms with E-state index in [0.717, 1.165) is 38.5 Å². The van der Waals surface area contributed by atoms with Gasteiger partial charge in [-0.15, -0.1) is 0 Å². The lowest BCUT2D eigenvalue weighted by Crippen LogP contribution is -2.41. The van der Waals surface area contributed by atoms with Crippen LogP contribution in [0.2, 0.25) is 0 Å². The van der Waals surface area contributed by atoms with Crippen LogP contribution >= 0.6 is 0 Å².